The van der Waals surface area contributed by atoms with Crippen molar-refractivity contribution in [2.45, 2.75) is 91.0 Å². The smallest absolute Gasteiger partial charge is 0.309 e. The monoisotopic (exact) mass is 678 g/mol. The van der Waals surface area contributed by atoms with E-state index in [0.29, 0.717) is 27.6 Å². The maximum absolute atomic E-state index is 13.1. The van der Waals surface area contributed by atoms with Crippen LogP contribution in [0.1, 0.15) is 87.8 Å². The van der Waals surface area contributed by atoms with E-state index in [1.54, 1.807) is 11.8 Å². The fourth-order valence-corrected chi connectivity index (χ4v) is 7.51. The number of nitrogens with zero attached hydrogens (tertiary/aromatic N) is 4. The van der Waals surface area contributed by atoms with Gasteiger partial charge in [0.15, 0.2) is 0 Å². The number of methoxy groups -OCH3 is 1. The van der Waals surface area contributed by atoms with Gasteiger partial charge in [0.2, 0.25) is 5.91 Å². The lowest BCUT2D eigenvalue weighted by Gasteiger charge is -2.33. The third-order valence-electron chi connectivity index (χ3n) is 7.74. The van der Waals surface area contributed by atoms with Crippen molar-refractivity contribution in [2.24, 2.45) is 0 Å². The Labute approximate surface area is 265 Å². The van der Waals surface area contributed by atoms with Crippen LogP contribution in [0.3, 0.4) is 0 Å². The highest BCUT2D eigenvalue weighted by molar-refractivity contribution is 9.10. The minimum Gasteiger partial charge on any atom is -0.496 e. The molecule has 0 aliphatic carbocycles. The van der Waals surface area contributed by atoms with Gasteiger partial charge in [0.1, 0.15) is 22.3 Å². The maximum atomic E-state index is 13.1. The highest BCUT2D eigenvalue weighted by atomic mass is 79.9. The summed E-state index contributed by atoms with van der Waals surface area (Å²) >= 11 is 11.9. The predicted octanol–water partition coefficient (Wildman–Crippen LogP) is 7.37. The number of carboxylic acid groups (broad SMARTS) is 1. The summed E-state index contributed by atoms with van der Waals surface area (Å²) in [6.07, 6.45) is 1.39. The number of ether oxygens (including phenoxy) is 1. The van der Waals surface area contributed by atoms with Gasteiger partial charge in [-0.3, -0.25) is 14.3 Å². The number of aromatic nitrogens is 3. The van der Waals surface area contributed by atoms with E-state index in [2.05, 4.69) is 68.6 Å². The Balaban J connectivity index is 1.54. The lowest BCUT2D eigenvalue weighted by atomic mass is 9.72. The first-order valence-corrected chi connectivity index (χ1v) is 16.1. The number of carbonyl (C=O) groups is 2. The van der Waals surface area contributed by atoms with Gasteiger partial charge < -0.3 is 14.7 Å². The number of rotatable bonds is 7. The lowest BCUT2D eigenvalue weighted by Crippen LogP contribution is -2.40. The van der Waals surface area contributed by atoms with E-state index in [4.69, 9.17) is 26.4 Å². The minimum absolute atomic E-state index is 0.0333. The number of hydrogen-bond donors (Lipinski definition) is 1. The van der Waals surface area contributed by atoms with E-state index in [0.717, 1.165) is 40.6 Å². The van der Waals surface area contributed by atoms with Gasteiger partial charge in [-0.2, -0.15) is 5.10 Å². The van der Waals surface area contributed by atoms with Gasteiger partial charge in [0, 0.05) is 30.1 Å². The number of aliphatic carboxylic acids is 1. The van der Waals surface area contributed by atoms with Crippen LogP contribution in [0, 0.1) is 6.92 Å². The van der Waals surface area contributed by atoms with E-state index >= 15 is 0 Å². The van der Waals surface area contributed by atoms with Crippen LogP contribution < -0.4 is 4.74 Å². The third-order valence-corrected chi connectivity index (χ3v) is 10.2. The Kier molecular flexibility index (Phi) is 9.50. The first kappa shape index (κ1) is 32.5. The first-order valence-electron chi connectivity index (χ1n) is 14.1. The van der Waals surface area contributed by atoms with Crippen LogP contribution in [0.15, 0.2) is 16.6 Å². The fourth-order valence-electron chi connectivity index (χ4n) is 5.73. The second kappa shape index (κ2) is 12.3. The van der Waals surface area contributed by atoms with Gasteiger partial charge in [-0.25, -0.2) is 4.98 Å². The normalized spacial score (nSPS) is 14.9. The van der Waals surface area contributed by atoms with Crippen molar-refractivity contribution < 1.29 is 19.4 Å². The number of halogens is 2. The largest absolute Gasteiger partial charge is 0.496 e. The number of carbonyl (C=O) groups excluding carboxylic acids is 1. The number of carboxylic acids is 1. The number of amides is 1. The average molecular weight is 680 g/mol. The van der Waals surface area contributed by atoms with Crippen molar-refractivity contribution >= 4 is 50.7 Å². The molecule has 11 heteroatoms. The van der Waals surface area contributed by atoms with Crippen LogP contribution in [0.2, 0.25) is 4.34 Å². The summed E-state index contributed by atoms with van der Waals surface area (Å²) in [7, 11) is 1.72. The highest BCUT2D eigenvalue weighted by Crippen LogP contribution is 2.47. The molecule has 1 amide bonds. The van der Waals surface area contributed by atoms with Gasteiger partial charge >= 0.3 is 5.97 Å². The van der Waals surface area contributed by atoms with Crippen LogP contribution >= 0.6 is 38.9 Å². The molecule has 0 unspecified atom stereocenters. The van der Waals surface area contributed by atoms with Gasteiger partial charge in [-0.1, -0.05) is 53.1 Å². The van der Waals surface area contributed by atoms with Crippen LogP contribution in [0.5, 0.6) is 5.75 Å². The van der Waals surface area contributed by atoms with Crippen molar-refractivity contribution in [3.8, 4) is 17.0 Å². The number of piperidine rings is 1. The lowest BCUT2D eigenvalue weighted by molar-refractivity contribution is -0.136. The highest BCUT2D eigenvalue weighted by Gasteiger charge is 2.34. The number of hydrogen-bond acceptors (Lipinski definition) is 6. The maximum Gasteiger partial charge on any atom is 0.309 e. The Hall–Kier alpha value is -2.43. The number of likely N-dealkylation sites (tertiary alicyclic amines) is 1. The van der Waals surface area contributed by atoms with Gasteiger partial charge in [0.05, 0.1) is 34.4 Å². The molecular weight excluding hydrogens is 640 g/mol. The average Bonchev–Trinajstić information content (AvgIpc) is 3.41. The number of thiazole rings is 1. The van der Waals surface area contributed by atoms with Crippen molar-refractivity contribution in [3.63, 3.8) is 0 Å². The summed E-state index contributed by atoms with van der Waals surface area (Å²) in [5.74, 6) is 0.0894. The molecule has 3 aromatic rings. The zero-order chi connectivity index (χ0) is 31.1. The van der Waals surface area contributed by atoms with E-state index in [-0.39, 0.29) is 35.6 Å². The Morgan fingerprint density at radius 3 is 2.29 bits per heavy atom. The van der Waals surface area contributed by atoms with E-state index in [1.165, 1.54) is 22.5 Å². The van der Waals surface area contributed by atoms with Crippen molar-refractivity contribution in [1.82, 2.24) is 19.7 Å². The van der Waals surface area contributed by atoms with Gasteiger partial charge in [0.25, 0.3) is 0 Å². The van der Waals surface area contributed by atoms with E-state index < -0.39 is 5.97 Å². The molecule has 4 rings (SSSR count). The van der Waals surface area contributed by atoms with Crippen LogP contribution in [-0.2, 0) is 33.4 Å². The van der Waals surface area contributed by atoms with Crippen molar-refractivity contribution in [2.75, 3.05) is 20.2 Å². The van der Waals surface area contributed by atoms with Crippen molar-refractivity contribution in [3.05, 3.63) is 48.5 Å². The summed E-state index contributed by atoms with van der Waals surface area (Å²) in [5, 5.41) is 14.5. The summed E-state index contributed by atoms with van der Waals surface area (Å²) < 4.78 is 8.70. The molecule has 1 aliphatic heterocycles. The minimum atomic E-state index is -0.963. The van der Waals surface area contributed by atoms with Crippen LogP contribution in [-0.4, -0.2) is 56.8 Å². The molecule has 8 nitrogen and oxygen atoms in total. The van der Waals surface area contributed by atoms with Crippen LogP contribution in [0.4, 0.5) is 0 Å². The molecule has 3 heterocycles. The van der Waals surface area contributed by atoms with E-state index in [1.807, 2.05) is 17.9 Å². The standard InChI is InChI=1S/C31H40BrClN4O4S/c1-17-26(32)20(15-23(39)40)35-37(17)16-22(38)36-13-11-18(12-14-36)29-34-27(28(33)42-29)19-9-10-21(41-8)25(31(5,6)7)24(19)30(2,3)4/h9-10,18H,11-16H2,1-8H3,(H,39,40). The zero-order valence-corrected chi connectivity index (χ0v) is 28.8. The molecule has 2 aromatic heterocycles. The Morgan fingerprint density at radius 1 is 1.12 bits per heavy atom. The molecule has 1 saturated heterocycles. The Bertz CT molecular complexity index is 1490. The second-order valence-corrected chi connectivity index (χ2v) is 15.4. The van der Waals surface area contributed by atoms with Crippen molar-refractivity contribution in [1.29, 1.82) is 0 Å². The quantitative estimate of drug-likeness (QED) is 0.280. The summed E-state index contributed by atoms with van der Waals surface area (Å²) in [4.78, 5) is 31.2. The summed E-state index contributed by atoms with van der Waals surface area (Å²) in [6.45, 7) is 16.4. The molecule has 0 saturated carbocycles. The number of benzene rings is 1. The Morgan fingerprint density at radius 2 is 1.74 bits per heavy atom. The molecule has 1 N–H and O–H groups in total. The molecule has 0 bridgehead atoms. The van der Waals surface area contributed by atoms with Gasteiger partial charge in [-0.05, 0) is 64.2 Å². The zero-order valence-electron chi connectivity index (χ0n) is 25.6. The molecular formula is C31H40BrClN4O4S. The van der Waals surface area contributed by atoms with E-state index in [9.17, 15) is 9.59 Å². The molecule has 0 atom stereocenters. The fraction of sp³-hybridized carbons (Fsp3) is 0.548. The second-order valence-electron chi connectivity index (χ2n) is 13.0. The molecule has 1 fully saturated rings. The summed E-state index contributed by atoms with van der Waals surface area (Å²) in [5.41, 5.74) is 5.06. The van der Waals surface area contributed by atoms with Gasteiger partial charge in [-0.15, -0.1) is 11.3 Å². The molecule has 0 radical (unpaired) electrons. The topological polar surface area (TPSA) is 97.5 Å². The predicted molar refractivity (Wildman–Crippen MR) is 171 cm³/mol. The van der Waals surface area contributed by atoms with Crippen LogP contribution in [0.25, 0.3) is 11.3 Å². The summed E-state index contributed by atoms with van der Waals surface area (Å²) in [6, 6.07) is 4.10. The first-order chi connectivity index (χ1) is 19.5. The molecule has 1 aliphatic rings. The SMILES string of the molecule is COc1ccc(-c2nc(C3CCN(C(=O)Cn4nc(CC(=O)O)c(Br)c4C)CC3)sc2Cl)c(C(C)(C)C)c1C(C)(C)C. The molecule has 1 aromatic carbocycles. The molecule has 228 valence electrons. The molecule has 42 heavy (non-hydrogen) atoms. The molecule has 0 spiro atoms. The third kappa shape index (κ3) is 6.70.